The van der Waals surface area contributed by atoms with Crippen molar-refractivity contribution >= 4 is 93.4 Å². The highest BCUT2D eigenvalue weighted by Crippen LogP contribution is 2.52. The van der Waals surface area contributed by atoms with E-state index >= 15 is 0 Å². The number of rotatable bonds is 5. The lowest BCUT2D eigenvalue weighted by atomic mass is 9.23. The number of aromatic nitrogens is 2. The van der Waals surface area contributed by atoms with Gasteiger partial charge >= 0.3 is 0 Å². The van der Waals surface area contributed by atoms with Gasteiger partial charge in [-0.15, -0.1) is 5.11 Å². The predicted octanol–water partition coefficient (Wildman–Crippen LogP) is 8.01. The van der Waals surface area contributed by atoms with Crippen molar-refractivity contribution in [1.82, 2.24) is 9.55 Å². The number of hydrogen-bond donors (Lipinski definition) is 0. The molecule has 1 heterocycles. The molecule has 0 saturated heterocycles. The Morgan fingerprint density at radius 2 is 0.964 bits per heavy atom. The summed E-state index contributed by atoms with van der Waals surface area (Å²) in [5.41, 5.74) is 13.7. The van der Waals surface area contributed by atoms with Crippen molar-refractivity contribution in [3.8, 4) is 50.2 Å². The third-order valence-electron chi connectivity index (χ3n) is 13.1. The Balaban J connectivity index is 1.11. The van der Waals surface area contributed by atoms with Gasteiger partial charge in [0.2, 0.25) is 0 Å². The Hall–Kier alpha value is -6.19. The van der Waals surface area contributed by atoms with Crippen LogP contribution in [0.1, 0.15) is 5.82 Å². The minimum Gasteiger partial charge on any atom is -0.297 e. The summed E-state index contributed by atoms with van der Waals surface area (Å²) in [5, 5.41) is 10.0. The fourth-order valence-electron chi connectivity index (χ4n) is 9.33. The molecule has 10 aromatic rings. The second kappa shape index (κ2) is 11.9. The Morgan fingerprint density at radius 3 is 1.66 bits per heavy atom. The Morgan fingerprint density at radius 1 is 0.429 bits per heavy atom. The first-order chi connectivity index (χ1) is 27.2. The van der Waals surface area contributed by atoms with E-state index in [-0.39, 0.29) is 10.3 Å². The second-order valence-corrected chi connectivity index (χ2v) is 17.2. The second-order valence-electron chi connectivity index (χ2n) is 17.2. The smallest absolute Gasteiger partial charge is 0.106 e. The third-order valence-corrected chi connectivity index (χ3v) is 13.1. The molecule has 7 heteroatoms. The van der Waals surface area contributed by atoms with E-state index in [1.807, 2.05) is 0 Å². The van der Waals surface area contributed by atoms with Gasteiger partial charge < -0.3 is 0 Å². The average molecular weight is 708 g/mol. The minimum absolute atomic E-state index is 0.0130. The third kappa shape index (κ3) is 4.67. The summed E-state index contributed by atoms with van der Waals surface area (Å²) in [4.78, 5) is 5.25. The molecule has 1 aromatic heterocycles. The van der Waals surface area contributed by atoms with Gasteiger partial charge in [-0.1, -0.05) is 133 Å². The Labute approximate surface area is 331 Å². The van der Waals surface area contributed by atoms with Crippen molar-refractivity contribution < 1.29 is 0 Å². The van der Waals surface area contributed by atoms with Gasteiger partial charge in [-0.05, 0) is 123 Å². The summed E-state index contributed by atoms with van der Waals surface area (Å²) in [7, 11) is 11.6. The van der Waals surface area contributed by atoms with Crippen LogP contribution in [0.5, 0.6) is 0 Å². The molecule has 0 spiro atoms. The highest BCUT2D eigenvalue weighted by Gasteiger charge is 2.38. The molecule has 258 valence electrons. The van der Waals surface area contributed by atoms with E-state index in [0.29, 0.717) is 0 Å². The molecular formula is C49H37B5N2. The first kappa shape index (κ1) is 33.2. The van der Waals surface area contributed by atoms with E-state index in [0.717, 1.165) is 22.5 Å². The van der Waals surface area contributed by atoms with Crippen LogP contribution >= 0.6 is 0 Å². The largest absolute Gasteiger partial charge is 0.297 e. The van der Waals surface area contributed by atoms with Crippen LogP contribution in [-0.4, -0.2) is 48.8 Å². The molecular weight excluding hydrogens is 671 g/mol. The molecule has 0 saturated carbocycles. The van der Waals surface area contributed by atoms with Crippen LogP contribution in [0.4, 0.5) is 0 Å². The first-order valence-electron chi connectivity index (χ1n) is 19.8. The van der Waals surface area contributed by atoms with Gasteiger partial charge in [-0.3, -0.25) is 4.57 Å². The summed E-state index contributed by atoms with van der Waals surface area (Å²) < 4.78 is 2.38. The maximum absolute atomic E-state index is 5.25. The van der Waals surface area contributed by atoms with Gasteiger partial charge in [-0.2, -0.15) is 0 Å². The maximum Gasteiger partial charge on any atom is 0.106 e. The molecule has 0 atom stereocenters. The van der Waals surface area contributed by atoms with Gasteiger partial charge in [0.1, 0.15) is 21.5 Å². The highest BCUT2D eigenvalue weighted by molar-refractivity contribution is 6.67. The zero-order chi connectivity index (χ0) is 37.9. The normalized spacial score (nSPS) is 12.6. The molecule has 0 fully saturated rings. The summed E-state index contributed by atoms with van der Waals surface area (Å²) >= 11 is 0. The van der Waals surface area contributed by atoms with Crippen molar-refractivity contribution in [3.05, 3.63) is 170 Å². The zero-order valence-corrected chi connectivity index (χ0v) is 32.5. The summed E-state index contributed by atoms with van der Waals surface area (Å²) in [6.45, 7) is 0. The summed E-state index contributed by atoms with van der Waals surface area (Å²) in [6, 6.07) is 60.8. The van der Waals surface area contributed by atoms with Crippen LogP contribution in [0.3, 0.4) is 0 Å². The van der Waals surface area contributed by atoms with Gasteiger partial charge in [0, 0.05) is 5.69 Å². The summed E-state index contributed by atoms with van der Waals surface area (Å²) in [5.74, 6) is 1.09. The highest BCUT2D eigenvalue weighted by atomic mass is 15.1. The van der Waals surface area contributed by atoms with Crippen LogP contribution in [0.25, 0.3) is 104 Å². The van der Waals surface area contributed by atoms with Crippen molar-refractivity contribution in [2.75, 3.05) is 0 Å². The molecule has 2 nitrogen and oxygen atoms in total. The lowest BCUT2D eigenvalue weighted by Gasteiger charge is -2.39. The molecule has 0 bridgehead atoms. The maximum atomic E-state index is 5.25. The van der Waals surface area contributed by atoms with Crippen LogP contribution < -0.4 is 0 Å². The van der Waals surface area contributed by atoms with E-state index in [4.69, 9.17) is 4.98 Å². The molecule has 0 aliphatic heterocycles. The molecule has 1 aliphatic carbocycles. The van der Waals surface area contributed by atoms with Gasteiger partial charge in [-0.25, -0.2) is 4.98 Å². The lowest BCUT2D eigenvalue weighted by Crippen LogP contribution is -2.45. The molecule has 0 unspecified atom stereocenters. The SMILES string of the molecule is BC(B)(B)C(B)(B)c1nc2ccccc2n1-c1ccc2cc(-c3c4ccccc4c(-c4ccc5c6c(cccc46)-c4ccccc4-5)c4ccccc34)ccc2c1. The zero-order valence-electron chi connectivity index (χ0n) is 32.5. The summed E-state index contributed by atoms with van der Waals surface area (Å²) in [6.07, 6.45) is 0. The number of imidazole rings is 1. The van der Waals surface area contributed by atoms with Gasteiger partial charge in [0.05, 0.1) is 34.6 Å². The molecule has 0 radical (unpaired) electrons. The van der Waals surface area contributed by atoms with Crippen LogP contribution in [0.2, 0.25) is 5.11 Å². The van der Waals surface area contributed by atoms with E-state index in [9.17, 15) is 0 Å². The molecule has 11 rings (SSSR count). The number of para-hydroxylation sites is 2. The Bertz CT molecular complexity index is 3200. The monoisotopic (exact) mass is 708 g/mol. The van der Waals surface area contributed by atoms with Gasteiger partial charge in [0.15, 0.2) is 0 Å². The van der Waals surface area contributed by atoms with Crippen LogP contribution in [0.15, 0.2) is 164 Å². The van der Waals surface area contributed by atoms with Gasteiger partial charge in [0.25, 0.3) is 0 Å². The fourth-order valence-corrected chi connectivity index (χ4v) is 9.33. The van der Waals surface area contributed by atoms with Crippen molar-refractivity contribution in [2.24, 2.45) is 0 Å². The number of fused-ring (bicyclic) bond motifs is 7. The minimum atomic E-state index is -0.170. The van der Waals surface area contributed by atoms with E-state index in [1.54, 1.807) is 0 Å². The Kier molecular flexibility index (Phi) is 7.05. The standard InChI is InChI=1S/C49H37B5N2/c50-48(51,49(52,53)54)47-55-42-18-7-8-19-43(42)56(47)31-23-22-28-26-30(21-20-29(28)27-31)44-35-12-3-5-14-37(35)46(38-15-6-4-13-36(38)44)41-25-24-40-33-11-2-1-10-32(33)34-16-9-17-39(41)45(34)40/h1-27H,50-54H2. The van der Waals surface area contributed by atoms with E-state index < -0.39 is 0 Å². The van der Waals surface area contributed by atoms with Crippen molar-refractivity contribution in [1.29, 1.82) is 0 Å². The molecule has 56 heavy (non-hydrogen) atoms. The van der Waals surface area contributed by atoms with E-state index in [1.165, 1.54) is 87.6 Å². The molecule has 0 N–H and O–H groups in total. The van der Waals surface area contributed by atoms with Crippen molar-refractivity contribution in [2.45, 2.75) is 10.3 Å². The predicted molar refractivity (Wildman–Crippen MR) is 253 cm³/mol. The quantitative estimate of drug-likeness (QED) is 0.131. The topological polar surface area (TPSA) is 17.8 Å². The fraction of sp³-hybridized carbons (Fsp3) is 0.0408. The molecule has 0 amide bonds. The number of benzene rings is 9. The van der Waals surface area contributed by atoms with Crippen LogP contribution in [0, 0.1) is 0 Å². The molecule has 1 aliphatic rings. The average Bonchev–Trinajstić information content (AvgIpc) is 3.77. The first-order valence-corrected chi connectivity index (χ1v) is 19.8. The van der Waals surface area contributed by atoms with E-state index in [2.05, 4.69) is 208 Å². The van der Waals surface area contributed by atoms with Crippen molar-refractivity contribution in [3.63, 3.8) is 0 Å². The lowest BCUT2D eigenvalue weighted by molar-refractivity contribution is 0.757. The number of hydrogen-bond acceptors (Lipinski definition) is 1. The molecule has 9 aromatic carbocycles. The number of nitrogens with zero attached hydrogens (tertiary/aromatic N) is 2. The van der Waals surface area contributed by atoms with Crippen LogP contribution in [-0.2, 0) is 5.21 Å².